The van der Waals surface area contributed by atoms with Crippen LogP contribution in [0.4, 0.5) is 8.78 Å². The van der Waals surface area contributed by atoms with Crippen molar-refractivity contribution in [2.75, 3.05) is 6.61 Å². The molecule has 0 saturated carbocycles. The fourth-order valence-corrected chi connectivity index (χ4v) is 1.95. The SMILES string of the molecule is CCCCc1cc(=O)oc2[nH]c(=O)nc(OCC(F)F)c12. The van der Waals surface area contributed by atoms with Gasteiger partial charge in [-0.3, -0.25) is 4.98 Å². The van der Waals surface area contributed by atoms with Gasteiger partial charge >= 0.3 is 11.3 Å². The highest BCUT2D eigenvalue weighted by molar-refractivity contribution is 5.82. The van der Waals surface area contributed by atoms with Gasteiger partial charge in [0.15, 0.2) is 6.61 Å². The highest BCUT2D eigenvalue weighted by atomic mass is 19.3. The zero-order valence-electron chi connectivity index (χ0n) is 11.3. The van der Waals surface area contributed by atoms with E-state index in [9.17, 15) is 18.4 Å². The number of nitrogens with zero attached hydrogens (tertiary/aromatic N) is 1. The first kappa shape index (κ1) is 15.1. The first-order valence-electron chi connectivity index (χ1n) is 6.49. The zero-order valence-corrected chi connectivity index (χ0v) is 11.3. The van der Waals surface area contributed by atoms with Crippen molar-refractivity contribution in [2.45, 2.75) is 32.6 Å². The Morgan fingerprint density at radius 1 is 1.43 bits per heavy atom. The summed E-state index contributed by atoms with van der Waals surface area (Å²) in [6.07, 6.45) is -0.509. The molecule has 0 aliphatic heterocycles. The van der Waals surface area contributed by atoms with Gasteiger partial charge in [0.1, 0.15) is 5.39 Å². The van der Waals surface area contributed by atoms with Crippen molar-refractivity contribution in [3.05, 3.63) is 32.5 Å². The molecule has 21 heavy (non-hydrogen) atoms. The maximum Gasteiger partial charge on any atom is 0.351 e. The third-order valence-electron chi connectivity index (χ3n) is 2.83. The molecule has 0 atom stereocenters. The van der Waals surface area contributed by atoms with Gasteiger partial charge in [-0.25, -0.2) is 18.4 Å². The van der Waals surface area contributed by atoms with Crippen molar-refractivity contribution in [3.63, 3.8) is 0 Å². The van der Waals surface area contributed by atoms with Gasteiger partial charge in [-0.2, -0.15) is 4.98 Å². The van der Waals surface area contributed by atoms with Gasteiger partial charge < -0.3 is 9.15 Å². The van der Waals surface area contributed by atoms with Crippen molar-refractivity contribution in [1.82, 2.24) is 9.97 Å². The minimum absolute atomic E-state index is 0.113. The summed E-state index contributed by atoms with van der Waals surface area (Å²) in [7, 11) is 0. The minimum Gasteiger partial charge on any atom is -0.471 e. The molecular weight excluding hydrogens is 286 g/mol. The number of aryl methyl sites for hydroxylation is 1. The van der Waals surface area contributed by atoms with E-state index in [1.807, 2.05) is 6.92 Å². The van der Waals surface area contributed by atoms with E-state index < -0.39 is 24.3 Å². The first-order chi connectivity index (χ1) is 10.0. The summed E-state index contributed by atoms with van der Waals surface area (Å²) < 4.78 is 34.3. The van der Waals surface area contributed by atoms with E-state index in [0.29, 0.717) is 12.0 Å². The molecule has 0 fully saturated rings. The topological polar surface area (TPSA) is 85.2 Å². The van der Waals surface area contributed by atoms with E-state index in [-0.39, 0.29) is 17.0 Å². The molecule has 0 spiro atoms. The van der Waals surface area contributed by atoms with Crippen molar-refractivity contribution < 1.29 is 17.9 Å². The molecule has 0 amide bonds. The summed E-state index contributed by atoms with van der Waals surface area (Å²) in [6, 6.07) is 1.26. The van der Waals surface area contributed by atoms with Crippen LogP contribution in [0, 0.1) is 0 Å². The number of nitrogens with one attached hydrogen (secondary N) is 1. The Bertz CT molecular complexity index is 734. The maximum absolute atomic E-state index is 12.3. The molecule has 0 bridgehead atoms. The molecule has 8 heteroatoms. The number of fused-ring (bicyclic) bond motifs is 1. The number of aromatic amines is 1. The Hall–Kier alpha value is -2.25. The van der Waals surface area contributed by atoms with Gasteiger partial charge in [0, 0.05) is 6.07 Å². The van der Waals surface area contributed by atoms with Crippen LogP contribution in [0.15, 0.2) is 20.1 Å². The highest BCUT2D eigenvalue weighted by Crippen LogP contribution is 2.24. The number of alkyl halides is 2. The summed E-state index contributed by atoms with van der Waals surface area (Å²) in [5.41, 5.74) is -1.02. The third kappa shape index (κ3) is 3.65. The summed E-state index contributed by atoms with van der Waals surface area (Å²) in [5.74, 6) is -0.246. The molecule has 0 aromatic carbocycles. The van der Waals surface area contributed by atoms with Crippen molar-refractivity contribution in [3.8, 4) is 5.88 Å². The molecule has 2 aromatic heterocycles. The lowest BCUT2D eigenvalue weighted by molar-refractivity contribution is 0.0802. The summed E-state index contributed by atoms with van der Waals surface area (Å²) in [6.45, 7) is 1.08. The average molecular weight is 300 g/mol. The van der Waals surface area contributed by atoms with Gasteiger partial charge in [0.05, 0.1) is 0 Å². The van der Waals surface area contributed by atoms with E-state index >= 15 is 0 Å². The fourth-order valence-electron chi connectivity index (χ4n) is 1.95. The number of aromatic nitrogens is 2. The second-order valence-corrected chi connectivity index (χ2v) is 4.45. The van der Waals surface area contributed by atoms with Crippen molar-refractivity contribution >= 4 is 11.1 Å². The Morgan fingerprint density at radius 3 is 2.86 bits per heavy atom. The Labute approximate surface area is 117 Å². The number of hydrogen-bond acceptors (Lipinski definition) is 5. The van der Waals surface area contributed by atoms with Crippen molar-refractivity contribution in [2.24, 2.45) is 0 Å². The molecule has 114 valence electrons. The number of ether oxygens (including phenoxy) is 1. The number of hydrogen-bond donors (Lipinski definition) is 1. The largest absolute Gasteiger partial charge is 0.471 e. The third-order valence-corrected chi connectivity index (χ3v) is 2.83. The van der Waals surface area contributed by atoms with Crippen LogP contribution in [0.5, 0.6) is 5.88 Å². The number of rotatable bonds is 6. The molecule has 2 heterocycles. The van der Waals surface area contributed by atoms with Crippen LogP contribution in [-0.4, -0.2) is 23.0 Å². The second-order valence-electron chi connectivity index (χ2n) is 4.45. The average Bonchev–Trinajstić information content (AvgIpc) is 2.41. The molecule has 2 aromatic rings. The van der Waals surface area contributed by atoms with E-state index in [1.54, 1.807) is 0 Å². The standard InChI is InChI=1S/C13H14F2N2O4/c1-2-3-4-7-5-9(18)21-12-10(7)11(16-13(19)17-12)20-6-8(14)15/h5,8H,2-4,6H2,1H3,(H,16,17,19). The zero-order chi connectivity index (χ0) is 15.4. The highest BCUT2D eigenvalue weighted by Gasteiger charge is 2.16. The molecule has 0 unspecified atom stereocenters. The quantitative estimate of drug-likeness (QED) is 0.880. The molecule has 0 aliphatic rings. The Morgan fingerprint density at radius 2 is 2.19 bits per heavy atom. The van der Waals surface area contributed by atoms with E-state index in [2.05, 4.69) is 9.97 Å². The fraction of sp³-hybridized carbons (Fsp3) is 0.462. The minimum atomic E-state index is -2.70. The first-order valence-corrected chi connectivity index (χ1v) is 6.49. The molecule has 1 N–H and O–H groups in total. The van der Waals surface area contributed by atoms with Crippen LogP contribution in [0.1, 0.15) is 25.3 Å². The molecule has 0 radical (unpaired) electrons. The predicted octanol–water partition coefficient (Wildman–Crippen LogP) is 1.86. The van der Waals surface area contributed by atoms with Crippen LogP contribution in [0.3, 0.4) is 0 Å². The van der Waals surface area contributed by atoms with Crippen LogP contribution < -0.4 is 16.1 Å². The van der Waals surface area contributed by atoms with Gasteiger partial charge in [-0.15, -0.1) is 0 Å². The van der Waals surface area contributed by atoms with Gasteiger partial charge in [0.2, 0.25) is 11.6 Å². The Balaban J connectivity index is 2.59. The smallest absolute Gasteiger partial charge is 0.351 e. The van der Waals surface area contributed by atoms with Gasteiger partial charge in [-0.05, 0) is 18.4 Å². The monoisotopic (exact) mass is 300 g/mol. The van der Waals surface area contributed by atoms with Crippen molar-refractivity contribution in [1.29, 1.82) is 0 Å². The van der Waals surface area contributed by atoms with Crippen LogP contribution >= 0.6 is 0 Å². The lowest BCUT2D eigenvalue weighted by Crippen LogP contribution is -2.17. The molecule has 0 saturated heterocycles. The molecule has 6 nitrogen and oxygen atoms in total. The van der Waals surface area contributed by atoms with E-state index in [0.717, 1.165) is 12.8 Å². The number of H-pyrrole nitrogens is 1. The summed E-state index contributed by atoms with van der Waals surface area (Å²) in [5, 5.41) is 0.253. The molecule has 2 rings (SSSR count). The lowest BCUT2D eigenvalue weighted by atomic mass is 10.1. The molecule has 0 aliphatic carbocycles. The lowest BCUT2D eigenvalue weighted by Gasteiger charge is -2.09. The van der Waals surface area contributed by atoms with Gasteiger partial charge in [-0.1, -0.05) is 13.3 Å². The van der Waals surface area contributed by atoms with Crippen LogP contribution in [-0.2, 0) is 6.42 Å². The predicted molar refractivity (Wildman–Crippen MR) is 71.0 cm³/mol. The Kier molecular flexibility index (Phi) is 4.66. The number of unbranched alkanes of at least 4 members (excludes halogenated alkanes) is 1. The maximum atomic E-state index is 12.3. The second kappa shape index (κ2) is 6.47. The summed E-state index contributed by atoms with van der Waals surface area (Å²) in [4.78, 5) is 28.7. The van der Waals surface area contributed by atoms with Gasteiger partial charge in [0.25, 0.3) is 6.43 Å². The van der Waals surface area contributed by atoms with Crippen LogP contribution in [0.25, 0.3) is 11.1 Å². The van der Waals surface area contributed by atoms with E-state index in [1.165, 1.54) is 6.07 Å². The molecular formula is C13H14F2N2O4. The van der Waals surface area contributed by atoms with Crippen LogP contribution in [0.2, 0.25) is 0 Å². The normalized spacial score (nSPS) is 11.2. The van der Waals surface area contributed by atoms with E-state index in [4.69, 9.17) is 9.15 Å². The number of halogens is 2. The summed E-state index contributed by atoms with van der Waals surface area (Å²) >= 11 is 0.